The summed E-state index contributed by atoms with van der Waals surface area (Å²) in [5.41, 5.74) is -0.824. The van der Waals surface area contributed by atoms with Gasteiger partial charge in [-0.1, -0.05) is 20.8 Å². The molecule has 0 aliphatic rings. The summed E-state index contributed by atoms with van der Waals surface area (Å²) < 4.78 is 57.3. The highest BCUT2D eigenvalue weighted by Crippen LogP contribution is 2.25. The van der Waals surface area contributed by atoms with E-state index in [1.54, 1.807) is 20.8 Å². The minimum atomic E-state index is -3.48. The van der Waals surface area contributed by atoms with E-state index in [9.17, 15) is 16.8 Å². The van der Waals surface area contributed by atoms with Gasteiger partial charge in [-0.25, -0.2) is 16.8 Å². The van der Waals surface area contributed by atoms with Gasteiger partial charge in [-0.05, 0) is 33.1 Å². The molecule has 7 nitrogen and oxygen atoms in total. The molecular formula is C14H31NO6S2. The Hall–Kier alpha value is -0.220. The van der Waals surface area contributed by atoms with E-state index in [1.165, 1.54) is 4.31 Å². The first kappa shape index (κ1) is 22.8. The molecule has 0 aliphatic heterocycles. The van der Waals surface area contributed by atoms with Gasteiger partial charge in [-0.3, -0.25) is 4.18 Å². The van der Waals surface area contributed by atoms with E-state index in [-0.39, 0.29) is 24.7 Å². The molecule has 0 radical (unpaired) electrons. The molecule has 0 aromatic heterocycles. The summed E-state index contributed by atoms with van der Waals surface area (Å²) in [6.07, 6.45) is 0.227. The Morgan fingerprint density at radius 2 is 1.57 bits per heavy atom. The molecule has 9 heteroatoms. The van der Waals surface area contributed by atoms with Crippen molar-refractivity contribution in [1.29, 1.82) is 0 Å². The van der Waals surface area contributed by atoms with Crippen molar-refractivity contribution < 1.29 is 25.8 Å². The molecule has 0 aromatic carbocycles. The average molecular weight is 374 g/mol. The molecule has 0 heterocycles. The van der Waals surface area contributed by atoms with Crippen LogP contribution in [0.2, 0.25) is 0 Å². The fourth-order valence-electron chi connectivity index (χ4n) is 1.86. The Balaban J connectivity index is 5.33. The molecule has 0 bridgehead atoms. The molecule has 0 aliphatic carbocycles. The van der Waals surface area contributed by atoms with Gasteiger partial charge in [0.15, 0.2) is 0 Å². The van der Waals surface area contributed by atoms with Crippen LogP contribution >= 0.6 is 0 Å². The number of hydrogen-bond donors (Lipinski definition) is 1. The Kier molecular flexibility index (Phi) is 8.16. The summed E-state index contributed by atoms with van der Waals surface area (Å²) in [7, 11) is -6.50. The second-order valence-corrected chi connectivity index (χ2v) is 10.4. The van der Waals surface area contributed by atoms with Gasteiger partial charge in [0.25, 0.3) is 11.0 Å². The monoisotopic (exact) mass is 373 g/mol. The van der Waals surface area contributed by atoms with Gasteiger partial charge in [0.2, 0.25) is 10.0 Å². The van der Waals surface area contributed by atoms with E-state index >= 15 is 0 Å². The van der Waals surface area contributed by atoms with E-state index in [4.69, 9.17) is 4.74 Å². The van der Waals surface area contributed by atoms with Crippen molar-refractivity contribution in [3.8, 4) is 0 Å². The summed E-state index contributed by atoms with van der Waals surface area (Å²) >= 11 is 0. The third-order valence-corrected chi connectivity index (χ3v) is 5.36. The summed E-state index contributed by atoms with van der Waals surface area (Å²) in [6, 6.07) is 0. The average Bonchev–Trinajstić information content (AvgIpc) is 2.27. The predicted molar refractivity (Wildman–Crippen MR) is 91.4 cm³/mol. The van der Waals surface area contributed by atoms with Gasteiger partial charge in [-0.2, -0.15) is 4.31 Å². The van der Waals surface area contributed by atoms with Gasteiger partial charge < -0.3 is 4.74 Å². The third-order valence-electron chi connectivity index (χ3n) is 3.50. The lowest BCUT2D eigenvalue weighted by Crippen LogP contribution is -2.50. The number of hydrogen-bond acceptors (Lipinski definition) is 6. The number of nitrogens with zero attached hydrogens (tertiary/aromatic N) is 1. The fourth-order valence-corrected chi connectivity index (χ4v) is 3.58. The molecule has 0 amide bonds. The van der Waals surface area contributed by atoms with Crippen molar-refractivity contribution in [3.63, 3.8) is 0 Å². The SMILES string of the molecule is C[C@H](O[C@H](CO[SH](=O)=O)CN(C(C)(C)C)S(C)(=O)=O)C(C)(C)C. The van der Waals surface area contributed by atoms with Crippen molar-refractivity contribution in [3.05, 3.63) is 0 Å². The normalized spacial score (nSPS) is 16.8. The zero-order valence-electron chi connectivity index (χ0n) is 15.3. The molecule has 0 N–H and O–H groups in total. The Labute approximate surface area is 142 Å². The first-order chi connectivity index (χ1) is 10.0. The molecule has 0 fully saturated rings. The van der Waals surface area contributed by atoms with Crippen molar-refractivity contribution in [1.82, 2.24) is 4.31 Å². The van der Waals surface area contributed by atoms with Crippen LogP contribution in [-0.2, 0) is 29.9 Å². The number of rotatable bonds is 8. The molecule has 0 unspecified atom stereocenters. The highest BCUT2D eigenvalue weighted by Gasteiger charge is 2.34. The molecule has 2 atom stereocenters. The lowest BCUT2D eigenvalue weighted by Gasteiger charge is -2.37. The van der Waals surface area contributed by atoms with Crippen LogP contribution in [0.15, 0.2) is 0 Å². The lowest BCUT2D eigenvalue weighted by atomic mass is 9.90. The van der Waals surface area contributed by atoms with Crippen molar-refractivity contribution >= 4 is 21.0 Å². The summed E-state index contributed by atoms with van der Waals surface area (Å²) in [5.74, 6) is 0. The van der Waals surface area contributed by atoms with Crippen LogP contribution in [0.4, 0.5) is 0 Å². The van der Waals surface area contributed by atoms with Crippen LogP contribution in [0.1, 0.15) is 48.5 Å². The minimum absolute atomic E-state index is 0.0198. The van der Waals surface area contributed by atoms with Crippen LogP contribution in [-0.4, -0.2) is 58.3 Å². The first-order valence-electron chi connectivity index (χ1n) is 7.45. The largest absolute Gasteiger partial charge is 0.371 e. The number of sulfonamides is 1. The fraction of sp³-hybridized carbons (Fsp3) is 1.00. The Morgan fingerprint density at radius 3 is 1.87 bits per heavy atom. The molecule has 0 rings (SSSR count). The quantitative estimate of drug-likeness (QED) is 0.647. The van der Waals surface area contributed by atoms with Crippen LogP contribution in [0.25, 0.3) is 0 Å². The number of ether oxygens (including phenoxy) is 1. The van der Waals surface area contributed by atoms with E-state index in [0.717, 1.165) is 6.26 Å². The molecule has 0 aromatic rings. The first-order valence-corrected chi connectivity index (χ1v) is 10.4. The van der Waals surface area contributed by atoms with E-state index < -0.39 is 32.7 Å². The summed E-state index contributed by atoms with van der Waals surface area (Å²) in [4.78, 5) is 0. The Morgan fingerprint density at radius 1 is 1.09 bits per heavy atom. The molecule has 0 saturated heterocycles. The predicted octanol–water partition coefficient (Wildman–Crippen LogP) is 1.41. The van der Waals surface area contributed by atoms with Crippen LogP contribution in [0.5, 0.6) is 0 Å². The summed E-state index contributed by atoms with van der Waals surface area (Å²) in [5, 5.41) is 0. The summed E-state index contributed by atoms with van der Waals surface area (Å²) in [6.45, 7) is 12.9. The maximum absolute atomic E-state index is 12.0. The highest BCUT2D eigenvalue weighted by molar-refractivity contribution is 7.88. The number of thiol groups is 1. The maximum atomic E-state index is 12.0. The zero-order valence-corrected chi connectivity index (χ0v) is 17.0. The molecule has 0 spiro atoms. The zero-order chi connectivity index (χ0) is 18.6. The van der Waals surface area contributed by atoms with Crippen LogP contribution in [0, 0.1) is 5.41 Å². The second kappa shape index (κ2) is 8.24. The smallest absolute Gasteiger partial charge is 0.257 e. The van der Waals surface area contributed by atoms with E-state index in [0.29, 0.717) is 0 Å². The van der Waals surface area contributed by atoms with Gasteiger partial charge >= 0.3 is 0 Å². The van der Waals surface area contributed by atoms with Crippen LogP contribution < -0.4 is 0 Å². The standard InChI is InChI=1S/C14H31NO6S2/c1-11(13(2,3)4)21-12(10-20-22(16)17)9-15(14(5,6)7)23(8,18)19/h11-12,22H,9-10H2,1-8H3/t11-,12-/m0/s1. The molecule has 0 saturated carbocycles. The highest BCUT2D eigenvalue weighted by atomic mass is 32.2. The second-order valence-electron chi connectivity index (χ2n) is 7.75. The third kappa shape index (κ3) is 8.99. The molecule has 140 valence electrons. The van der Waals surface area contributed by atoms with Crippen molar-refractivity contribution in [2.24, 2.45) is 5.41 Å². The Bertz CT molecular complexity index is 535. The molecular weight excluding hydrogens is 342 g/mol. The minimum Gasteiger partial charge on any atom is -0.371 e. The van der Waals surface area contributed by atoms with Gasteiger partial charge in [-0.15, -0.1) is 0 Å². The lowest BCUT2D eigenvalue weighted by molar-refractivity contribution is -0.0782. The van der Waals surface area contributed by atoms with E-state index in [1.807, 2.05) is 27.7 Å². The topological polar surface area (TPSA) is 90.0 Å². The molecule has 23 heavy (non-hydrogen) atoms. The maximum Gasteiger partial charge on any atom is 0.257 e. The van der Waals surface area contributed by atoms with Gasteiger partial charge in [0.1, 0.15) is 0 Å². The van der Waals surface area contributed by atoms with Gasteiger partial charge in [0.05, 0.1) is 25.1 Å². The van der Waals surface area contributed by atoms with Gasteiger partial charge in [0, 0.05) is 12.1 Å². The van der Waals surface area contributed by atoms with E-state index in [2.05, 4.69) is 4.18 Å². The van der Waals surface area contributed by atoms with Crippen molar-refractivity contribution in [2.75, 3.05) is 19.4 Å². The van der Waals surface area contributed by atoms with Crippen molar-refractivity contribution in [2.45, 2.75) is 66.2 Å². The van der Waals surface area contributed by atoms with Crippen LogP contribution in [0.3, 0.4) is 0 Å².